The van der Waals surface area contributed by atoms with E-state index in [1.54, 1.807) is 0 Å². The van der Waals surface area contributed by atoms with Gasteiger partial charge in [0.15, 0.2) is 0 Å². The van der Waals surface area contributed by atoms with E-state index in [-0.39, 0.29) is 20.6 Å². The first kappa shape index (κ1) is 34.8. The van der Waals surface area contributed by atoms with Crippen LogP contribution in [0, 0.1) is 0 Å². The number of hydrogen-bond donors (Lipinski definition) is 1. The van der Waals surface area contributed by atoms with Crippen molar-refractivity contribution < 1.29 is 49.1 Å². The molecule has 0 aliphatic rings. The Balaban J connectivity index is 2.27. The molecule has 15 heteroatoms. The average molecular weight is 657 g/mol. The van der Waals surface area contributed by atoms with Gasteiger partial charge in [-0.05, 0) is 48.7 Å². The summed E-state index contributed by atoms with van der Waals surface area (Å²) in [6.45, 7) is 1.29. The van der Waals surface area contributed by atoms with Crippen LogP contribution in [0.1, 0.15) is 65.6 Å². The van der Waals surface area contributed by atoms with E-state index in [1.807, 2.05) is 0 Å². The van der Waals surface area contributed by atoms with Gasteiger partial charge in [0.25, 0.3) is 5.91 Å². The molecule has 226 valence electrons. The topological polar surface area (TPSA) is 46.2 Å². The normalized spacial score (nSPS) is 14.3. The number of rotatable bonds is 10. The summed E-state index contributed by atoms with van der Waals surface area (Å²) in [6, 6.07) is 3.07. The third kappa shape index (κ3) is 10.7. The lowest BCUT2D eigenvalue weighted by Gasteiger charge is -2.19. The van der Waals surface area contributed by atoms with Crippen LogP contribution in [0.5, 0.6) is 0 Å². The standard InChI is InChI=1S/C26H21Cl3F9NO2/c1-13(9-16(40)3-2-8-24(30,31)32)39-23(41)17-6-4-14(10-19(17)26(36,37)38)5-7-18(25(33,34)35)15-11-20(27)22(29)21(28)12-15/h4-7,10-13,18H,2-3,8-9H2,1H3,(H,39,41)/b7-5+/t13-,18?/m1/s1. The van der Waals surface area contributed by atoms with Gasteiger partial charge < -0.3 is 5.32 Å². The van der Waals surface area contributed by atoms with Gasteiger partial charge >= 0.3 is 18.5 Å². The number of amides is 1. The first-order chi connectivity index (χ1) is 18.7. The summed E-state index contributed by atoms with van der Waals surface area (Å²) < 4.78 is 119. The van der Waals surface area contributed by atoms with Gasteiger partial charge in [-0.1, -0.05) is 53.0 Å². The van der Waals surface area contributed by atoms with E-state index in [0.717, 1.165) is 30.3 Å². The largest absolute Gasteiger partial charge is 0.417 e. The van der Waals surface area contributed by atoms with Crippen molar-refractivity contribution in [1.82, 2.24) is 5.32 Å². The zero-order valence-corrected chi connectivity index (χ0v) is 23.1. The van der Waals surface area contributed by atoms with Crippen LogP contribution in [0.25, 0.3) is 6.08 Å². The van der Waals surface area contributed by atoms with Crippen LogP contribution in [0.4, 0.5) is 39.5 Å². The Kier molecular flexibility index (Phi) is 11.6. The fraction of sp³-hybridized carbons (Fsp3) is 0.385. The van der Waals surface area contributed by atoms with Crippen LogP contribution in [-0.2, 0) is 11.0 Å². The first-order valence-corrected chi connectivity index (χ1v) is 12.8. The lowest BCUT2D eigenvalue weighted by molar-refractivity contribution is -0.140. The maximum absolute atomic E-state index is 13.8. The lowest BCUT2D eigenvalue weighted by atomic mass is 9.96. The minimum Gasteiger partial charge on any atom is -0.349 e. The molecule has 0 saturated heterocycles. The zero-order chi connectivity index (χ0) is 31.3. The van der Waals surface area contributed by atoms with Crippen LogP contribution in [0.15, 0.2) is 36.4 Å². The predicted molar refractivity (Wildman–Crippen MR) is 137 cm³/mol. The zero-order valence-electron chi connectivity index (χ0n) is 20.9. The molecule has 0 aromatic heterocycles. The van der Waals surface area contributed by atoms with E-state index in [4.69, 9.17) is 34.8 Å². The summed E-state index contributed by atoms with van der Waals surface area (Å²) in [6.07, 6.45) is -15.5. The van der Waals surface area contributed by atoms with E-state index in [2.05, 4.69) is 5.32 Å². The van der Waals surface area contributed by atoms with Crippen molar-refractivity contribution in [2.24, 2.45) is 0 Å². The van der Waals surface area contributed by atoms with Gasteiger partial charge in [0.1, 0.15) is 5.78 Å². The highest BCUT2D eigenvalue weighted by molar-refractivity contribution is 6.48. The molecule has 2 rings (SSSR count). The lowest BCUT2D eigenvalue weighted by Crippen LogP contribution is -2.35. The molecule has 1 N–H and O–H groups in total. The summed E-state index contributed by atoms with van der Waals surface area (Å²) in [5.74, 6) is -4.18. The number of hydrogen-bond acceptors (Lipinski definition) is 2. The van der Waals surface area contributed by atoms with Crippen molar-refractivity contribution in [1.29, 1.82) is 0 Å². The summed E-state index contributed by atoms with van der Waals surface area (Å²) in [7, 11) is 0. The second-order valence-electron chi connectivity index (χ2n) is 9.07. The Bertz CT molecular complexity index is 1270. The van der Waals surface area contributed by atoms with Gasteiger partial charge in [0.05, 0.1) is 32.1 Å². The van der Waals surface area contributed by atoms with E-state index in [1.165, 1.54) is 6.92 Å². The second kappa shape index (κ2) is 13.7. The van der Waals surface area contributed by atoms with Crippen LogP contribution in [0.3, 0.4) is 0 Å². The fourth-order valence-corrected chi connectivity index (χ4v) is 4.36. The highest BCUT2D eigenvalue weighted by Crippen LogP contribution is 2.41. The molecule has 0 aliphatic carbocycles. The predicted octanol–water partition coefficient (Wildman–Crippen LogP) is 9.83. The number of nitrogens with one attached hydrogen (secondary N) is 1. The highest BCUT2D eigenvalue weighted by Gasteiger charge is 2.40. The number of carbonyl (C=O) groups excluding carboxylic acids is 2. The molecule has 0 aliphatic heterocycles. The Labute approximate surface area is 243 Å². The Morgan fingerprint density at radius 2 is 1.51 bits per heavy atom. The van der Waals surface area contributed by atoms with Gasteiger partial charge in [-0.2, -0.15) is 39.5 Å². The summed E-state index contributed by atoms with van der Waals surface area (Å²) in [5, 5.41) is 1.49. The number of halogens is 12. The van der Waals surface area contributed by atoms with Crippen LogP contribution in [-0.4, -0.2) is 30.1 Å². The Morgan fingerprint density at radius 1 is 0.927 bits per heavy atom. The minimum absolute atomic E-state index is 0.175. The Morgan fingerprint density at radius 3 is 2.02 bits per heavy atom. The maximum atomic E-state index is 13.8. The smallest absolute Gasteiger partial charge is 0.349 e. The number of allylic oxidation sites excluding steroid dienone is 1. The van der Waals surface area contributed by atoms with E-state index < -0.39 is 84.6 Å². The first-order valence-electron chi connectivity index (χ1n) is 11.7. The van der Waals surface area contributed by atoms with Crippen molar-refractivity contribution in [2.45, 2.75) is 63.1 Å². The third-order valence-electron chi connectivity index (χ3n) is 5.62. The van der Waals surface area contributed by atoms with E-state index in [0.29, 0.717) is 12.1 Å². The number of benzene rings is 2. The molecule has 2 aromatic carbocycles. The molecule has 0 radical (unpaired) electrons. The van der Waals surface area contributed by atoms with Gasteiger partial charge in [-0.25, -0.2) is 0 Å². The van der Waals surface area contributed by atoms with Gasteiger partial charge in [-0.3, -0.25) is 9.59 Å². The molecule has 0 fully saturated rings. The summed E-state index contributed by atoms with van der Waals surface area (Å²) in [4.78, 5) is 24.4. The number of Topliss-reactive ketones (excluding diaryl/α,β-unsaturated/α-hetero) is 1. The average Bonchev–Trinajstić information content (AvgIpc) is 2.80. The summed E-state index contributed by atoms with van der Waals surface area (Å²) in [5.41, 5.74) is -3.05. The van der Waals surface area contributed by atoms with Crippen LogP contribution in [0.2, 0.25) is 15.1 Å². The van der Waals surface area contributed by atoms with Crippen molar-refractivity contribution in [2.75, 3.05) is 0 Å². The van der Waals surface area contributed by atoms with Gasteiger partial charge in [0, 0.05) is 25.3 Å². The van der Waals surface area contributed by atoms with E-state index in [9.17, 15) is 49.1 Å². The molecule has 0 bridgehead atoms. The molecular formula is C26H21Cl3F9NO2. The van der Waals surface area contributed by atoms with Crippen LogP contribution < -0.4 is 5.32 Å². The number of carbonyl (C=O) groups is 2. The maximum Gasteiger partial charge on any atom is 0.417 e. The van der Waals surface area contributed by atoms with Crippen molar-refractivity contribution in [3.8, 4) is 0 Å². The molecule has 2 aromatic rings. The molecule has 1 unspecified atom stereocenters. The molecule has 3 nitrogen and oxygen atoms in total. The molecule has 0 heterocycles. The fourth-order valence-electron chi connectivity index (χ4n) is 3.75. The van der Waals surface area contributed by atoms with Gasteiger partial charge in [0.2, 0.25) is 0 Å². The number of ketones is 1. The van der Waals surface area contributed by atoms with Crippen LogP contribution >= 0.6 is 34.8 Å². The monoisotopic (exact) mass is 655 g/mol. The SMILES string of the molecule is C[C@H](CC(=O)CCCC(F)(F)F)NC(=O)c1ccc(/C=C/C(c2cc(Cl)c(Cl)c(Cl)c2)C(F)(F)F)cc1C(F)(F)F. The number of alkyl halides is 9. The summed E-state index contributed by atoms with van der Waals surface area (Å²) >= 11 is 17.4. The van der Waals surface area contributed by atoms with Crippen molar-refractivity contribution in [3.05, 3.63) is 73.7 Å². The van der Waals surface area contributed by atoms with Crippen molar-refractivity contribution >= 4 is 52.6 Å². The molecular weight excluding hydrogens is 636 g/mol. The Hall–Kier alpha value is -2.44. The quantitative estimate of drug-likeness (QED) is 0.204. The van der Waals surface area contributed by atoms with Crippen molar-refractivity contribution in [3.63, 3.8) is 0 Å². The second-order valence-corrected chi connectivity index (χ2v) is 10.3. The molecule has 41 heavy (non-hydrogen) atoms. The van der Waals surface area contributed by atoms with E-state index >= 15 is 0 Å². The third-order valence-corrected chi connectivity index (χ3v) is 6.82. The highest BCUT2D eigenvalue weighted by atomic mass is 35.5. The van der Waals surface area contributed by atoms with Gasteiger partial charge in [-0.15, -0.1) is 0 Å². The molecule has 1 amide bonds. The molecule has 0 spiro atoms. The molecule has 2 atom stereocenters. The molecule has 0 saturated carbocycles. The minimum atomic E-state index is -5.09.